The van der Waals surface area contributed by atoms with Crippen molar-refractivity contribution < 1.29 is 29.4 Å². The highest BCUT2D eigenvalue weighted by Gasteiger charge is 2.21. The Kier molecular flexibility index (Phi) is 13.6. The zero-order valence-electron chi connectivity index (χ0n) is 13.4. The lowest BCUT2D eigenvalue weighted by Gasteiger charge is -2.15. The summed E-state index contributed by atoms with van der Waals surface area (Å²) in [6, 6.07) is -0.906. The van der Waals surface area contributed by atoms with Crippen LogP contribution in [-0.2, 0) is 19.2 Å². The summed E-state index contributed by atoms with van der Waals surface area (Å²) in [6.45, 7) is 2.04. The van der Waals surface area contributed by atoms with E-state index in [0.29, 0.717) is 32.2 Å². The van der Waals surface area contributed by atoms with Crippen LogP contribution in [0.1, 0.15) is 59.3 Å². The number of hydrogen-bond donors (Lipinski definition) is 4. The maximum absolute atomic E-state index is 12.0. The van der Waals surface area contributed by atoms with Crippen molar-refractivity contribution >= 4 is 23.6 Å². The maximum atomic E-state index is 12.0. The second-order valence-corrected chi connectivity index (χ2v) is 5.46. The standard InChI is InChI=1S/C15H26N2O6.CH4/c1-2-11(18)9-10(6-7-13(19)20)14(21)17-8-4-3-5-12(16)15(22)23;/h10,12H,2-9,16H2,1H3,(H,17,21)(H,19,20)(H,22,23);1H4. The van der Waals surface area contributed by atoms with E-state index in [1.54, 1.807) is 6.92 Å². The van der Waals surface area contributed by atoms with Crippen LogP contribution in [0.2, 0.25) is 0 Å². The molecule has 0 saturated heterocycles. The molecule has 0 rings (SSSR count). The molecule has 0 radical (unpaired) electrons. The summed E-state index contributed by atoms with van der Waals surface area (Å²) < 4.78 is 0. The van der Waals surface area contributed by atoms with Crippen molar-refractivity contribution in [2.75, 3.05) is 6.54 Å². The number of aliphatic carboxylic acids is 2. The molecule has 2 atom stereocenters. The van der Waals surface area contributed by atoms with Crippen molar-refractivity contribution in [2.24, 2.45) is 11.7 Å². The largest absolute Gasteiger partial charge is 0.481 e. The van der Waals surface area contributed by atoms with Crippen molar-refractivity contribution in [3.63, 3.8) is 0 Å². The molecule has 0 heterocycles. The van der Waals surface area contributed by atoms with Gasteiger partial charge in [0, 0.05) is 31.7 Å². The Hall–Kier alpha value is -1.96. The number of carbonyl (C=O) groups excluding carboxylic acids is 2. The van der Waals surface area contributed by atoms with E-state index in [-0.39, 0.29) is 38.4 Å². The molecule has 140 valence electrons. The van der Waals surface area contributed by atoms with Gasteiger partial charge < -0.3 is 21.3 Å². The molecule has 0 fully saturated rings. The molecule has 0 aliphatic carbocycles. The van der Waals surface area contributed by atoms with Crippen LogP contribution in [0.4, 0.5) is 0 Å². The first-order valence-electron chi connectivity index (χ1n) is 7.77. The first-order valence-corrected chi connectivity index (χ1v) is 7.77. The fraction of sp³-hybridized carbons (Fsp3) is 0.750. The highest BCUT2D eigenvalue weighted by molar-refractivity contribution is 5.87. The number of carbonyl (C=O) groups is 4. The quantitative estimate of drug-likeness (QED) is 0.366. The molecule has 24 heavy (non-hydrogen) atoms. The van der Waals surface area contributed by atoms with Crippen LogP contribution in [0.15, 0.2) is 0 Å². The number of nitrogens with one attached hydrogen (secondary N) is 1. The van der Waals surface area contributed by atoms with E-state index < -0.39 is 23.9 Å². The summed E-state index contributed by atoms with van der Waals surface area (Å²) in [5.41, 5.74) is 5.36. The van der Waals surface area contributed by atoms with Gasteiger partial charge >= 0.3 is 11.9 Å². The van der Waals surface area contributed by atoms with Gasteiger partial charge in [-0.3, -0.25) is 19.2 Å². The first-order chi connectivity index (χ1) is 10.8. The average molecular weight is 346 g/mol. The minimum absolute atomic E-state index is 0. The predicted molar refractivity (Wildman–Crippen MR) is 89.5 cm³/mol. The monoisotopic (exact) mass is 346 g/mol. The van der Waals surface area contributed by atoms with Gasteiger partial charge in [-0.25, -0.2) is 0 Å². The maximum Gasteiger partial charge on any atom is 0.320 e. The molecule has 0 bridgehead atoms. The summed E-state index contributed by atoms with van der Waals surface area (Å²) >= 11 is 0. The Morgan fingerprint density at radius 2 is 1.71 bits per heavy atom. The number of amides is 1. The van der Waals surface area contributed by atoms with Crippen LogP contribution < -0.4 is 11.1 Å². The number of nitrogens with two attached hydrogens (primary N) is 1. The van der Waals surface area contributed by atoms with Crippen molar-refractivity contribution in [2.45, 2.75) is 65.3 Å². The van der Waals surface area contributed by atoms with E-state index in [1.807, 2.05) is 0 Å². The van der Waals surface area contributed by atoms with Gasteiger partial charge in [0.25, 0.3) is 0 Å². The highest BCUT2D eigenvalue weighted by atomic mass is 16.4. The van der Waals surface area contributed by atoms with Gasteiger partial charge in [0.05, 0.1) is 0 Å². The van der Waals surface area contributed by atoms with Crippen molar-refractivity contribution in [3.8, 4) is 0 Å². The molecule has 5 N–H and O–H groups in total. The number of Topliss-reactive ketones (excluding diaryl/α,β-unsaturated/α-hetero) is 1. The van der Waals surface area contributed by atoms with Crippen LogP contribution in [0.5, 0.6) is 0 Å². The number of hydrogen-bond acceptors (Lipinski definition) is 5. The summed E-state index contributed by atoms with van der Waals surface area (Å²) in [5.74, 6) is -3.12. The molecular formula is C16H30N2O6. The topological polar surface area (TPSA) is 147 Å². The van der Waals surface area contributed by atoms with E-state index in [0.717, 1.165) is 0 Å². The summed E-state index contributed by atoms with van der Waals surface area (Å²) in [4.78, 5) is 44.7. The summed E-state index contributed by atoms with van der Waals surface area (Å²) in [5, 5.41) is 20.0. The van der Waals surface area contributed by atoms with Crippen LogP contribution in [0, 0.1) is 5.92 Å². The first kappa shape index (κ1) is 24.3. The highest BCUT2D eigenvalue weighted by Crippen LogP contribution is 2.13. The fourth-order valence-corrected chi connectivity index (χ4v) is 2.01. The van der Waals surface area contributed by atoms with Gasteiger partial charge in [-0.2, -0.15) is 0 Å². The molecule has 0 spiro atoms. The molecule has 1 amide bonds. The van der Waals surface area contributed by atoms with E-state index in [9.17, 15) is 19.2 Å². The van der Waals surface area contributed by atoms with E-state index in [4.69, 9.17) is 15.9 Å². The molecule has 8 heteroatoms. The molecule has 0 saturated carbocycles. The third-order valence-corrected chi connectivity index (χ3v) is 3.50. The van der Waals surface area contributed by atoms with Gasteiger partial charge in [0.1, 0.15) is 11.8 Å². The van der Waals surface area contributed by atoms with Crippen molar-refractivity contribution in [1.29, 1.82) is 0 Å². The molecule has 8 nitrogen and oxygen atoms in total. The Bertz CT molecular complexity index is 425. The Morgan fingerprint density at radius 3 is 2.21 bits per heavy atom. The number of carboxylic acid groups (broad SMARTS) is 2. The molecule has 0 aromatic heterocycles. The van der Waals surface area contributed by atoms with E-state index in [2.05, 4.69) is 5.32 Å². The normalized spacial score (nSPS) is 12.6. The molecule has 0 aromatic rings. The van der Waals surface area contributed by atoms with Gasteiger partial charge in [0.2, 0.25) is 5.91 Å². The van der Waals surface area contributed by atoms with Gasteiger partial charge in [0.15, 0.2) is 0 Å². The molecule has 0 aliphatic rings. The second kappa shape index (κ2) is 13.5. The Balaban J connectivity index is 0. The SMILES string of the molecule is C.CCC(=O)CC(CCC(=O)O)C(=O)NCCCCC(N)C(=O)O. The molecule has 0 aromatic carbocycles. The lowest BCUT2D eigenvalue weighted by atomic mass is 9.95. The number of unbranched alkanes of at least 4 members (excludes halogenated alkanes) is 1. The smallest absolute Gasteiger partial charge is 0.320 e. The summed E-state index contributed by atoms with van der Waals surface area (Å²) in [6.07, 6.45) is 1.76. The molecular weight excluding hydrogens is 316 g/mol. The van der Waals surface area contributed by atoms with Crippen molar-refractivity contribution in [1.82, 2.24) is 5.32 Å². The van der Waals surface area contributed by atoms with Gasteiger partial charge in [-0.1, -0.05) is 14.4 Å². The van der Waals surface area contributed by atoms with Crippen LogP contribution in [-0.4, -0.2) is 46.4 Å². The number of carboxylic acids is 2. The fourth-order valence-electron chi connectivity index (χ4n) is 2.01. The lowest BCUT2D eigenvalue weighted by molar-refractivity contribution is -0.139. The third kappa shape index (κ3) is 11.6. The van der Waals surface area contributed by atoms with Crippen LogP contribution in [0.3, 0.4) is 0 Å². The van der Waals surface area contributed by atoms with Crippen LogP contribution >= 0.6 is 0 Å². The molecule has 0 aliphatic heterocycles. The Labute approximate surface area is 142 Å². The Morgan fingerprint density at radius 1 is 1.08 bits per heavy atom. The predicted octanol–water partition coefficient (Wildman–Crippen LogP) is 1.17. The van der Waals surface area contributed by atoms with Crippen molar-refractivity contribution in [3.05, 3.63) is 0 Å². The van der Waals surface area contributed by atoms with E-state index in [1.165, 1.54) is 0 Å². The number of rotatable bonds is 13. The zero-order valence-corrected chi connectivity index (χ0v) is 13.4. The average Bonchev–Trinajstić information content (AvgIpc) is 2.49. The van der Waals surface area contributed by atoms with Gasteiger partial charge in [-0.05, 0) is 25.7 Å². The summed E-state index contributed by atoms with van der Waals surface area (Å²) in [7, 11) is 0. The molecule has 2 unspecified atom stereocenters. The minimum atomic E-state index is -1.05. The third-order valence-electron chi connectivity index (χ3n) is 3.50. The number of ketones is 1. The zero-order chi connectivity index (χ0) is 17.8. The van der Waals surface area contributed by atoms with Gasteiger partial charge in [-0.15, -0.1) is 0 Å². The second-order valence-electron chi connectivity index (χ2n) is 5.46. The van der Waals surface area contributed by atoms with E-state index >= 15 is 0 Å². The lowest BCUT2D eigenvalue weighted by Crippen LogP contribution is -2.33. The minimum Gasteiger partial charge on any atom is -0.481 e. The van der Waals surface area contributed by atoms with Crippen LogP contribution in [0.25, 0.3) is 0 Å².